The van der Waals surface area contributed by atoms with Gasteiger partial charge in [0.1, 0.15) is 5.75 Å². The van der Waals surface area contributed by atoms with Crippen molar-refractivity contribution in [2.75, 3.05) is 12.4 Å². The van der Waals surface area contributed by atoms with E-state index >= 15 is 0 Å². The van der Waals surface area contributed by atoms with Crippen LogP contribution in [0.2, 0.25) is 5.02 Å². The molecule has 1 saturated carbocycles. The van der Waals surface area contributed by atoms with Crippen LogP contribution in [0.15, 0.2) is 54.7 Å². The molecule has 7 heteroatoms. The molecule has 1 fully saturated rings. The lowest BCUT2D eigenvalue weighted by atomic mass is 9.90. The molecule has 162 valence electrons. The van der Waals surface area contributed by atoms with E-state index in [9.17, 15) is 0 Å². The summed E-state index contributed by atoms with van der Waals surface area (Å²) in [7, 11) is 1.70. The fraction of sp³-hybridized carbons (Fsp3) is 0.348. The van der Waals surface area contributed by atoms with Gasteiger partial charge in [0.05, 0.1) is 12.6 Å². The summed E-state index contributed by atoms with van der Waals surface area (Å²) in [6, 6.07) is 17.3. The number of rotatable bonds is 6. The zero-order chi connectivity index (χ0) is 19.3. The molecular weight excluding hydrogens is 441 g/mol. The zero-order valence-corrected chi connectivity index (χ0v) is 19.3. The lowest BCUT2D eigenvalue weighted by molar-refractivity contribution is 0.353. The van der Waals surface area contributed by atoms with E-state index in [0.717, 1.165) is 46.7 Å². The van der Waals surface area contributed by atoms with E-state index in [1.807, 2.05) is 30.5 Å². The SMILES string of the molecule is COc1ccc(CN[C@H]2CC[C@@H](Nc3ccnc4cc(Cl)ccc34)CC2)cc1.Cl.Cl. The fourth-order valence-corrected chi connectivity index (χ4v) is 4.08. The number of fused-ring (bicyclic) bond motifs is 1. The summed E-state index contributed by atoms with van der Waals surface area (Å²) in [4.78, 5) is 4.43. The molecule has 1 aliphatic carbocycles. The van der Waals surface area contributed by atoms with Gasteiger partial charge in [-0.05, 0) is 67.6 Å². The third-order valence-corrected chi connectivity index (χ3v) is 5.78. The van der Waals surface area contributed by atoms with E-state index in [1.165, 1.54) is 18.4 Å². The van der Waals surface area contributed by atoms with E-state index in [2.05, 4.69) is 39.9 Å². The Morgan fingerprint density at radius 2 is 1.67 bits per heavy atom. The number of benzene rings is 2. The lowest BCUT2D eigenvalue weighted by Crippen LogP contribution is -2.36. The predicted octanol–water partition coefficient (Wildman–Crippen LogP) is 6.25. The summed E-state index contributed by atoms with van der Waals surface area (Å²) in [5, 5.41) is 9.28. The van der Waals surface area contributed by atoms with E-state index in [1.54, 1.807) is 7.11 Å². The molecule has 4 nitrogen and oxygen atoms in total. The average Bonchev–Trinajstić information content (AvgIpc) is 2.73. The Bertz CT molecular complexity index is 929. The molecule has 0 aliphatic heterocycles. The van der Waals surface area contributed by atoms with Gasteiger partial charge in [-0.2, -0.15) is 0 Å². The highest BCUT2D eigenvalue weighted by Gasteiger charge is 2.21. The third-order valence-electron chi connectivity index (χ3n) is 5.55. The molecule has 1 aliphatic rings. The van der Waals surface area contributed by atoms with Crippen molar-refractivity contribution in [3.63, 3.8) is 0 Å². The number of methoxy groups -OCH3 is 1. The van der Waals surface area contributed by atoms with Crippen LogP contribution in [0, 0.1) is 0 Å². The van der Waals surface area contributed by atoms with Gasteiger partial charge >= 0.3 is 0 Å². The first-order chi connectivity index (χ1) is 13.7. The number of nitrogens with zero attached hydrogens (tertiary/aromatic N) is 1. The first-order valence-electron chi connectivity index (χ1n) is 9.88. The van der Waals surface area contributed by atoms with Crippen LogP contribution in [-0.2, 0) is 6.54 Å². The topological polar surface area (TPSA) is 46.2 Å². The number of hydrogen-bond donors (Lipinski definition) is 2. The number of halogens is 3. The standard InChI is InChI=1S/C23H26ClN3O.2ClH/c1-28-20-9-2-16(3-10-20)15-26-18-5-7-19(8-6-18)27-22-12-13-25-23-14-17(24)4-11-21(22)23;;/h2-4,9-14,18-19,26H,5-8,15H2,1H3,(H,25,27);2*1H/t18-,19+;;. The summed E-state index contributed by atoms with van der Waals surface area (Å²) in [5.74, 6) is 0.904. The second kappa shape index (κ2) is 11.6. The summed E-state index contributed by atoms with van der Waals surface area (Å²) in [5.41, 5.74) is 3.38. The molecule has 2 N–H and O–H groups in total. The molecule has 0 unspecified atom stereocenters. The van der Waals surface area contributed by atoms with Crippen LogP contribution < -0.4 is 15.4 Å². The average molecular weight is 469 g/mol. The Kier molecular flexibility index (Phi) is 9.50. The maximum Gasteiger partial charge on any atom is 0.118 e. The lowest BCUT2D eigenvalue weighted by Gasteiger charge is -2.30. The van der Waals surface area contributed by atoms with Crippen LogP contribution in [0.25, 0.3) is 10.9 Å². The van der Waals surface area contributed by atoms with Crippen LogP contribution >= 0.6 is 36.4 Å². The minimum absolute atomic E-state index is 0. The largest absolute Gasteiger partial charge is 0.497 e. The van der Waals surface area contributed by atoms with Crippen LogP contribution in [0.3, 0.4) is 0 Å². The highest BCUT2D eigenvalue weighted by Crippen LogP contribution is 2.28. The summed E-state index contributed by atoms with van der Waals surface area (Å²) >= 11 is 6.09. The second-order valence-corrected chi connectivity index (χ2v) is 7.88. The van der Waals surface area contributed by atoms with Gasteiger partial charge in [-0.15, -0.1) is 24.8 Å². The molecule has 0 amide bonds. The highest BCUT2D eigenvalue weighted by molar-refractivity contribution is 6.31. The van der Waals surface area contributed by atoms with Gasteiger partial charge in [0, 0.05) is 40.9 Å². The molecule has 0 atom stereocenters. The van der Waals surface area contributed by atoms with Gasteiger partial charge in [0.15, 0.2) is 0 Å². The number of nitrogens with one attached hydrogen (secondary N) is 2. The highest BCUT2D eigenvalue weighted by atomic mass is 35.5. The minimum atomic E-state index is 0. The number of pyridine rings is 1. The maximum absolute atomic E-state index is 6.09. The Balaban J connectivity index is 0.00000160. The molecule has 0 radical (unpaired) electrons. The van der Waals surface area contributed by atoms with Gasteiger partial charge in [0.2, 0.25) is 0 Å². The van der Waals surface area contributed by atoms with Crippen LogP contribution in [0.1, 0.15) is 31.2 Å². The van der Waals surface area contributed by atoms with Gasteiger partial charge in [-0.25, -0.2) is 0 Å². The van der Waals surface area contributed by atoms with Gasteiger partial charge in [0.25, 0.3) is 0 Å². The van der Waals surface area contributed by atoms with Crippen LogP contribution in [-0.4, -0.2) is 24.2 Å². The van der Waals surface area contributed by atoms with E-state index in [-0.39, 0.29) is 24.8 Å². The quantitative estimate of drug-likeness (QED) is 0.448. The first-order valence-corrected chi connectivity index (χ1v) is 10.3. The number of anilines is 1. The summed E-state index contributed by atoms with van der Waals surface area (Å²) < 4.78 is 5.22. The first kappa shape index (κ1) is 24.5. The number of hydrogen-bond acceptors (Lipinski definition) is 4. The molecule has 0 saturated heterocycles. The molecule has 0 bridgehead atoms. The monoisotopic (exact) mass is 467 g/mol. The van der Waals surface area contributed by atoms with Crippen LogP contribution in [0.5, 0.6) is 5.75 Å². The molecule has 1 heterocycles. The predicted molar refractivity (Wildman–Crippen MR) is 131 cm³/mol. The smallest absolute Gasteiger partial charge is 0.118 e. The Morgan fingerprint density at radius 1 is 0.967 bits per heavy atom. The van der Waals surface area contributed by atoms with E-state index < -0.39 is 0 Å². The van der Waals surface area contributed by atoms with Crippen molar-refractivity contribution in [1.82, 2.24) is 10.3 Å². The number of aromatic nitrogens is 1. The third kappa shape index (κ3) is 6.14. The minimum Gasteiger partial charge on any atom is -0.497 e. The van der Waals surface area contributed by atoms with Crippen molar-refractivity contribution >= 4 is 53.0 Å². The fourth-order valence-electron chi connectivity index (χ4n) is 3.91. The summed E-state index contributed by atoms with van der Waals surface area (Å²) in [6.07, 6.45) is 6.55. The van der Waals surface area contributed by atoms with Crippen molar-refractivity contribution in [3.05, 3.63) is 65.3 Å². The van der Waals surface area contributed by atoms with Gasteiger partial charge in [-0.3, -0.25) is 4.98 Å². The number of ether oxygens (including phenoxy) is 1. The molecule has 2 aromatic carbocycles. The molecule has 1 aromatic heterocycles. The van der Waals surface area contributed by atoms with Crippen molar-refractivity contribution in [2.45, 2.75) is 44.3 Å². The van der Waals surface area contributed by atoms with Crippen molar-refractivity contribution in [1.29, 1.82) is 0 Å². The van der Waals surface area contributed by atoms with E-state index in [0.29, 0.717) is 12.1 Å². The summed E-state index contributed by atoms with van der Waals surface area (Å²) in [6.45, 7) is 0.905. The van der Waals surface area contributed by atoms with Gasteiger partial charge in [-0.1, -0.05) is 23.7 Å². The molecule has 3 aromatic rings. The molecule has 4 rings (SSSR count). The van der Waals surface area contributed by atoms with Gasteiger partial charge < -0.3 is 15.4 Å². The normalized spacial score (nSPS) is 18.2. The molecule has 30 heavy (non-hydrogen) atoms. The van der Waals surface area contributed by atoms with Crippen LogP contribution in [0.4, 0.5) is 5.69 Å². The van der Waals surface area contributed by atoms with E-state index in [4.69, 9.17) is 16.3 Å². The van der Waals surface area contributed by atoms with Crippen molar-refractivity contribution in [3.8, 4) is 5.75 Å². The zero-order valence-electron chi connectivity index (χ0n) is 16.9. The Hall–Kier alpha value is -1.72. The Labute approximate surface area is 195 Å². The second-order valence-electron chi connectivity index (χ2n) is 7.44. The maximum atomic E-state index is 6.09. The van der Waals surface area contributed by atoms with Crippen molar-refractivity contribution < 1.29 is 4.74 Å². The Morgan fingerprint density at radius 3 is 2.37 bits per heavy atom. The van der Waals surface area contributed by atoms with Crippen molar-refractivity contribution in [2.24, 2.45) is 0 Å². The molecule has 0 spiro atoms. The molecular formula is C23H28Cl3N3O.